The normalized spacial score (nSPS) is 13.7. The van der Waals surface area contributed by atoms with Crippen LogP contribution in [0.1, 0.15) is 27.7 Å². The maximum atomic E-state index is 11.9. The lowest BCUT2D eigenvalue weighted by molar-refractivity contribution is 0.427. The molecule has 80 valence electrons. The van der Waals surface area contributed by atoms with Gasteiger partial charge in [0.05, 0.1) is 4.75 Å². The van der Waals surface area contributed by atoms with Crippen LogP contribution in [0.3, 0.4) is 0 Å². The van der Waals surface area contributed by atoms with Gasteiger partial charge in [-0.25, -0.2) is 12.7 Å². The van der Waals surface area contributed by atoms with E-state index in [1.807, 2.05) is 6.92 Å². The minimum absolute atomic E-state index is 0.558. The predicted molar refractivity (Wildman–Crippen MR) is 64.8 cm³/mol. The highest BCUT2D eigenvalue weighted by atomic mass is 127. The lowest BCUT2D eigenvalue weighted by Crippen LogP contribution is -2.43. The first-order chi connectivity index (χ1) is 5.77. The van der Waals surface area contributed by atoms with E-state index in [1.165, 1.54) is 0 Å². The molecule has 0 aromatic carbocycles. The highest BCUT2D eigenvalue weighted by molar-refractivity contribution is 14.1. The maximum Gasteiger partial charge on any atom is 0.219 e. The summed E-state index contributed by atoms with van der Waals surface area (Å²) in [6.45, 7) is 8.24. The van der Waals surface area contributed by atoms with Crippen molar-refractivity contribution in [3.8, 4) is 0 Å². The maximum absolute atomic E-state index is 11.9. The Hall–Kier alpha value is 0.640. The Morgan fingerprint density at radius 3 is 2.00 bits per heavy atom. The number of hydrogen-bond acceptors (Lipinski definition) is 2. The molecular weight excluding hydrogens is 301 g/mol. The van der Waals surface area contributed by atoms with Crippen LogP contribution in [0.4, 0.5) is 0 Å². The summed E-state index contributed by atoms with van der Waals surface area (Å²) in [4.78, 5) is 0. The Labute approximate surface area is 95.1 Å². The van der Waals surface area contributed by atoms with Crippen molar-refractivity contribution in [3.05, 3.63) is 0 Å². The summed E-state index contributed by atoms with van der Waals surface area (Å²) < 4.78 is 25.5. The number of nitrogens with zero attached hydrogens (tertiary/aromatic N) is 1. The van der Waals surface area contributed by atoms with E-state index in [0.717, 1.165) is 4.43 Å². The predicted octanol–water partition coefficient (Wildman–Crippen LogP) is 1.87. The first-order valence-electron chi connectivity index (χ1n) is 4.33. The molecule has 0 bridgehead atoms. The number of rotatable bonds is 4. The fourth-order valence-corrected chi connectivity index (χ4v) is 3.29. The SMILES string of the molecule is CCN(CCI)S(=O)(=O)C(C)(C)C. The molecule has 13 heavy (non-hydrogen) atoms. The molecule has 0 rings (SSSR count). The van der Waals surface area contributed by atoms with Crippen LogP contribution < -0.4 is 0 Å². The summed E-state index contributed by atoms with van der Waals surface area (Å²) >= 11 is 2.19. The molecule has 0 saturated heterocycles. The fraction of sp³-hybridized carbons (Fsp3) is 1.00. The van der Waals surface area contributed by atoms with Gasteiger partial charge in [-0.15, -0.1) is 0 Å². The van der Waals surface area contributed by atoms with Crippen molar-refractivity contribution in [2.45, 2.75) is 32.4 Å². The lowest BCUT2D eigenvalue weighted by Gasteiger charge is -2.28. The molecule has 3 nitrogen and oxygen atoms in total. The summed E-state index contributed by atoms with van der Waals surface area (Å²) in [6, 6.07) is 0. The van der Waals surface area contributed by atoms with E-state index >= 15 is 0 Å². The quantitative estimate of drug-likeness (QED) is 0.586. The van der Waals surface area contributed by atoms with Gasteiger partial charge in [-0.3, -0.25) is 0 Å². The molecule has 0 N–H and O–H groups in total. The third kappa shape index (κ3) is 3.36. The van der Waals surface area contributed by atoms with Crippen LogP contribution >= 0.6 is 22.6 Å². The van der Waals surface area contributed by atoms with Gasteiger partial charge in [-0.05, 0) is 20.8 Å². The molecule has 0 saturated carbocycles. The summed E-state index contributed by atoms with van der Waals surface area (Å²) in [5.41, 5.74) is 0. The topological polar surface area (TPSA) is 37.4 Å². The van der Waals surface area contributed by atoms with E-state index in [-0.39, 0.29) is 0 Å². The van der Waals surface area contributed by atoms with Gasteiger partial charge in [0.25, 0.3) is 0 Å². The number of alkyl halides is 1. The Balaban J connectivity index is 4.80. The molecule has 0 unspecified atom stereocenters. The van der Waals surface area contributed by atoms with Crippen molar-refractivity contribution in [3.63, 3.8) is 0 Å². The molecule has 0 fully saturated rings. The second kappa shape index (κ2) is 4.93. The van der Waals surface area contributed by atoms with Crippen LogP contribution in [0.15, 0.2) is 0 Å². The van der Waals surface area contributed by atoms with Crippen molar-refractivity contribution in [2.24, 2.45) is 0 Å². The van der Waals surface area contributed by atoms with E-state index < -0.39 is 14.8 Å². The van der Waals surface area contributed by atoms with Gasteiger partial charge in [-0.2, -0.15) is 0 Å². The Morgan fingerprint density at radius 1 is 1.31 bits per heavy atom. The van der Waals surface area contributed by atoms with Crippen LogP contribution in [0, 0.1) is 0 Å². The van der Waals surface area contributed by atoms with Crippen molar-refractivity contribution < 1.29 is 8.42 Å². The van der Waals surface area contributed by atoms with Crippen molar-refractivity contribution in [2.75, 3.05) is 17.5 Å². The zero-order valence-corrected chi connectivity index (χ0v) is 11.6. The van der Waals surface area contributed by atoms with E-state index in [1.54, 1.807) is 25.1 Å². The second-order valence-electron chi connectivity index (χ2n) is 3.80. The van der Waals surface area contributed by atoms with E-state index in [2.05, 4.69) is 22.6 Å². The van der Waals surface area contributed by atoms with Gasteiger partial charge in [0.1, 0.15) is 0 Å². The molecule has 0 spiro atoms. The van der Waals surface area contributed by atoms with Gasteiger partial charge in [-0.1, -0.05) is 29.5 Å². The second-order valence-corrected chi connectivity index (χ2v) is 7.57. The molecule has 0 aliphatic carbocycles. The minimum Gasteiger partial charge on any atom is -0.212 e. The molecule has 0 aromatic rings. The Bertz CT molecular complexity index is 243. The molecule has 5 heteroatoms. The summed E-state index contributed by atoms with van der Waals surface area (Å²) in [5, 5.41) is 0. The molecule has 0 aliphatic heterocycles. The standard InChI is InChI=1S/C8H18INO2S/c1-5-10(7-6-9)13(11,12)8(2,3)4/h5-7H2,1-4H3. The van der Waals surface area contributed by atoms with Crippen molar-refractivity contribution in [1.82, 2.24) is 4.31 Å². The lowest BCUT2D eigenvalue weighted by atomic mass is 10.3. The van der Waals surface area contributed by atoms with Crippen molar-refractivity contribution >= 4 is 32.6 Å². The summed E-state index contributed by atoms with van der Waals surface area (Å²) in [5.74, 6) is 0. The van der Waals surface area contributed by atoms with E-state index in [0.29, 0.717) is 13.1 Å². The third-order valence-corrected chi connectivity index (χ3v) is 4.95. The number of sulfonamides is 1. The fourth-order valence-electron chi connectivity index (χ4n) is 0.930. The largest absolute Gasteiger partial charge is 0.219 e. The smallest absolute Gasteiger partial charge is 0.212 e. The molecule has 0 radical (unpaired) electrons. The van der Waals surface area contributed by atoms with Gasteiger partial charge in [0.15, 0.2) is 0 Å². The Morgan fingerprint density at radius 2 is 1.77 bits per heavy atom. The average molecular weight is 319 g/mol. The van der Waals surface area contributed by atoms with Gasteiger partial charge < -0.3 is 0 Å². The number of halogens is 1. The summed E-state index contributed by atoms with van der Waals surface area (Å²) in [7, 11) is -3.12. The van der Waals surface area contributed by atoms with Gasteiger partial charge >= 0.3 is 0 Å². The highest BCUT2D eigenvalue weighted by Gasteiger charge is 2.33. The van der Waals surface area contributed by atoms with E-state index in [4.69, 9.17) is 0 Å². The van der Waals surface area contributed by atoms with Crippen LogP contribution in [-0.2, 0) is 10.0 Å². The third-order valence-electron chi connectivity index (χ3n) is 1.80. The molecule has 0 heterocycles. The monoisotopic (exact) mass is 319 g/mol. The minimum atomic E-state index is -3.12. The molecule has 0 amide bonds. The van der Waals surface area contributed by atoms with Crippen molar-refractivity contribution in [1.29, 1.82) is 0 Å². The Kier molecular flexibility index (Phi) is 5.17. The first-order valence-corrected chi connectivity index (χ1v) is 7.29. The van der Waals surface area contributed by atoms with Gasteiger partial charge in [0, 0.05) is 17.5 Å². The molecular formula is C8H18INO2S. The van der Waals surface area contributed by atoms with Crippen LogP contribution in [0.2, 0.25) is 0 Å². The van der Waals surface area contributed by atoms with E-state index in [9.17, 15) is 8.42 Å². The summed E-state index contributed by atoms with van der Waals surface area (Å²) in [6.07, 6.45) is 0. The molecule has 0 atom stereocenters. The molecule has 0 aromatic heterocycles. The zero-order chi connectivity index (χ0) is 10.7. The first kappa shape index (κ1) is 13.6. The van der Waals surface area contributed by atoms with Gasteiger partial charge in [0.2, 0.25) is 10.0 Å². The molecule has 0 aliphatic rings. The van der Waals surface area contributed by atoms with Crippen LogP contribution in [0.5, 0.6) is 0 Å². The zero-order valence-electron chi connectivity index (χ0n) is 8.67. The van der Waals surface area contributed by atoms with Crippen LogP contribution in [-0.4, -0.2) is 35.0 Å². The number of hydrogen-bond donors (Lipinski definition) is 0. The average Bonchev–Trinajstić information content (AvgIpc) is 1.97. The highest BCUT2D eigenvalue weighted by Crippen LogP contribution is 2.19. The van der Waals surface area contributed by atoms with Crippen LogP contribution in [0.25, 0.3) is 0 Å².